The van der Waals surface area contributed by atoms with Crippen molar-refractivity contribution >= 4 is 5.91 Å². The second-order valence-corrected chi connectivity index (χ2v) is 4.77. The zero-order valence-corrected chi connectivity index (χ0v) is 9.35. The molecule has 0 bridgehead atoms. The molecule has 1 amide bonds. The highest BCUT2D eigenvalue weighted by molar-refractivity contribution is 5.77. The molecule has 86 valence electrons. The molecule has 4 nitrogen and oxygen atoms in total. The van der Waals surface area contributed by atoms with E-state index in [9.17, 15) is 9.90 Å². The highest BCUT2D eigenvalue weighted by atomic mass is 16.3. The van der Waals surface area contributed by atoms with Gasteiger partial charge in [0.25, 0.3) is 0 Å². The molecule has 0 radical (unpaired) electrons. The fourth-order valence-electron chi connectivity index (χ4n) is 2.53. The van der Waals surface area contributed by atoms with Gasteiger partial charge in [0.1, 0.15) is 0 Å². The van der Waals surface area contributed by atoms with Crippen LogP contribution < -0.4 is 0 Å². The molecule has 4 heteroatoms. The van der Waals surface area contributed by atoms with Gasteiger partial charge in [-0.3, -0.25) is 4.79 Å². The number of carbonyl (C=O) groups is 1. The van der Waals surface area contributed by atoms with Gasteiger partial charge in [0, 0.05) is 12.6 Å². The van der Waals surface area contributed by atoms with Crippen LogP contribution in [-0.2, 0) is 4.79 Å². The van der Waals surface area contributed by atoms with E-state index in [1.807, 2.05) is 4.90 Å². The summed E-state index contributed by atoms with van der Waals surface area (Å²) in [5, 5.41) is 9.38. The average Bonchev–Trinajstić information content (AvgIpc) is 2.20. The van der Waals surface area contributed by atoms with E-state index < -0.39 is 6.10 Å². The van der Waals surface area contributed by atoms with Gasteiger partial charge in [-0.15, -0.1) is 0 Å². The lowest BCUT2D eigenvalue weighted by Gasteiger charge is -2.40. The Hall–Kier alpha value is -0.610. The van der Waals surface area contributed by atoms with Gasteiger partial charge in [0.2, 0.25) is 5.91 Å². The Morgan fingerprint density at radius 2 is 1.87 bits per heavy atom. The van der Waals surface area contributed by atoms with Gasteiger partial charge in [-0.25, -0.2) is 0 Å². The minimum absolute atomic E-state index is 0.142. The van der Waals surface area contributed by atoms with E-state index in [0.29, 0.717) is 12.5 Å². The fraction of sp³-hybridized carbons (Fsp3) is 0.909. The minimum Gasteiger partial charge on any atom is -0.393 e. The SMILES string of the molecule is CN1CCC(N2CCC(O)CC2=O)CC1. The number of carbonyl (C=O) groups excluding carboxylic acids is 1. The molecule has 2 rings (SSSR count). The Bertz CT molecular complexity index is 237. The predicted molar refractivity (Wildman–Crippen MR) is 57.5 cm³/mol. The molecular weight excluding hydrogens is 192 g/mol. The third kappa shape index (κ3) is 2.49. The largest absolute Gasteiger partial charge is 0.393 e. The number of hydrogen-bond acceptors (Lipinski definition) is 3. The highest BCUT2D eigenvalue weighted by Crippen LogP contribution is 2.21. The molecule has 2 aliphatic heterocycles. The van der Waals surface area contributed by atoms with E-state index in [0.717, 1.165) is 38.9 Å². The molecule has 1 unspecified atom stereocenters. The summed E-state index contributed by atoms with van der Waals surface area (Å²) in [4.78, 5) is 16.0. The van der Waals surface area contributed by atoms with Gasteiger partial charge in [-0.2, -0.15) is 0 Å². The van der Waals surface area contributed by atoms with Crippen LogP contribution in [-0.4, -0.2) is 59.6 Å². The van der Waals surface area contributed by atoms with Crippen molar-refractivity contribution in [3.05, 3.63) is 0 Å². The van der Waals surface area contributed by atoms with E-state index >= 15 is 0 Å². The Morgan fingerprint density at radius 3 is 2.47 bits per heavy atom. The molecule has 15 heavy (non-hydrogen) atoms. The standard InChI is InChI=1S/C11H20N2O2/c1-12-5-2-9(3-6-12)13-7-4-10(14)8-11(13)15/h9-10,14H,2-8H2,1H3. The first-order valence-corrected chi connectivity index (χ1v) is 5.83. The number of likely N-dealkylation sites (tertiary alicyclic amines) is 2. The molecule has 0 spiro atoms. The lowest BCUT2D eigenvalue weighted by molar-refractivity contribution is -0.140. The van der Waals surface area contributed by atoms with Crippen molar-refractivity contribution in [2.24, 2.45) is 0 Å². The van der Waals surface area contributed by atoms with Crippen LogP contribution in [0.4, 0.5) is 0 Å². The summed E-state index contributed by atoms with van der Waals surface area (Å²) < 4.78 is 0. The zero-order valence-electron chi connectivity index (χ0n) is 9.35. The summed E-state index contributed by atoms with van der Waals surface area (Å²) in [5.41, 5.74) is 0. The molecule has 0 aromatic carbocycles. The van der Waals surface area contributed by atoms with E-state index in [1.54, 1.807) is 0 Å². The van der Waals surface area contributed by atoms with Crippen molar-refractivity contribution in [1.82, 2.24) is 9.80 Å². The third-order valence-electron chi connectivity index (χ3n) is 3.56. The van der Waals surface area contributed by atoms with E-state index in [1.165, 1.54) is 0 Å². The van der Waals surface area contributed by atoms with Crippen LogP contribution in [0.25, 0.3) is 0 Å². The van der Waals surface area contributed by atoms with Crippen LogP contribution in [0.1, 0.15) is 25.7 Å². The molecule has 2 fully saturated rings. The molecule has 1 atom stereocenters. The summed E-state index contributed by atoms with van der Waals surface area (Å²) in [7, 11) is 2.12. The number of aliphatic hydroxyl groups excluding tert-OH is 1. The van der Waals surface area contributed by atoms with E-state index in [2.05, 4.69) is 11.9 Å². The summed E-state index contributed by atoms with van der Waals surface area (Å²) in [6, 6.07) is 0.418. The summed E-state index contributed by atoms with van der Waals surface area (Å²) in [6.07, 6.45) is 2.83. The van der Waals surface area contributed by atoms with Crippen LogP contribution in [0.15, 0.2) is 0 Å². The van der Waals surface area contributed by atoms with Crippen molar-refractivity contribution < 1.29 is 9.90 Å². The minimum atomic E-state index is -0.403. The van der Waals surface area contributed by atoms with Gasteiger partial charge < -0.3 is 14.9 Å². The summed E-state index contributed by atoms with van der Waals surface area (Å²) in [6.45, 7) is 2.91. The van der Waals surface area contributed by atoms with Crippen molar-refractivity contribution in [1.29, 1.82) is 0 Å². The molecule has 2 heterocycles. The normalized spacial score (nSPS) is 30.9. The molecule has 2 saturated heterocycles. The number of aliphatic hydroxyl groups is 1. The maximum Gasteiger partial charge on any atom is 0.225 e. The monoisotopic (exact) mass is 212 g/mol. The van der Waals surface area contributed by atoms with Crippen LogP contribution in [0.3, 0.4) is 0 Å². The Kier molecular flexibility index (Phi) is 3.26. The number of rotatable bonds is 1. The van der Waals surface area contributed by atoms with Gasteiger partial charge in [0.05, 0.1) is 12.5 Å². The molecule has 0 saturated carbocycles. The topological polar surface area (TPSA) is 43.8 Å². The quantitative estimate of drug-likeness (QED) is 0.668. The fourth-order valence-corrected chi connectivity index (χ4v) is 2.53. The first-order valence-electron chi connectivity index (χ1n) is 5.83. The van der Waals surface area contributed by atoms with Crippen LogP contribution in [0.5, 0.6) is 0 Å². The first kappa shape index (κ1) is 10.9. The number of piperidine rings is 2. The van der Waals surface area contributed by atoms with Gasteiger partial charge in [-0.1, -0.05) is 0 Å². The lowest BCUT2D eigenvalue weighted by Crippen LogP contribution is -2.50. The first-order chi connectivity index (χ1) is 7.16. The molecule has 0 aromatic heterocycles. The van der Waals surface area contributed by atoms with Crippen LogP contribution >= 0.6 is 0 Å². The van der Waals surface area contributed by atoms with Crippen molar-refractivity contribution in [2.75, 3.05) is 26.7 Å². The summed E-state index contributed by atoms with van der Waals surface area (Å²) >= 11 is 0. The second-order valence-electron chi connectivity index (χ2n) is 4.77. The van der Waals surface area contributed by atoms with Crippen LogP contribution in [0.2, 0.25) is 0 Å². The molecular formula is C11H20N2O2. The van der Waals surface area contributed by atoms with Crippen LogP contribution in [0, 0.1) is 0 Å². The maximum absolute atomic E-state index is 11.7. The van der Waals surface area contributed by atoms with E-state index in [4.69, 9.17) is 0 Å². The van der Waals surface area contributed by atoms with E-state index in [-0.39, 0.29) is 5.91 Å². The average molecular weight is 212 g/mol. The molecule has 2 aliphatic rings. The highest BCUT2D eigenvalue weighted by Gasteiger charge is 2.31. The number of amides is 1. The predicted octanol–water partition coefficient (Wildman–Crippen LogP) is 0.0639. The maximum atomic E-state index is 11.7. The van der Waals surface area contributed by atoms with Crippen molar-refractivity contribution in [3.63, 3.8) is 0 Å². The molecule has 1 N–H and O–H groups in total. The number of nitrogens with zero attached hydrogens (tertiary/aromatic N) is 2. The summed E-state index contributed by atoms with van der Waals surface area (Å²) in [5.74, 6) is 0.142. The smallest absolute Gasteiger partial charge is 0.225 e. The van der Waals surface area contributed by atoms with Gasteiger partial charge in [-0.05, 0) is 39.4 Å². The van der Waals surface area contributed by atoms with Gasteiger partial charge in [0.15, 0.2) is 0 Å². The lowest BCUT2D eigenvalue weighted by atomic mass is 9.99. The van der Waals surface area contributed by atoms with Crippen molar-refractivity contribution in [3.8, 4) is 0 Å². The van der Waals surface area contributed by atoms with Gasteiger partial charge >= 0.3 is 0 Å². The number of hydrogen-bond donors (Lipinski definition) is 1. The zero-order chi connectivity index (χ0) is 10.8. The third-order valence-corrected chi connectivity index (χ3v) is 3.56. The molecule has 0 aromatic rings. The van der Waals surface area contributed by atoms with Crippen molar-refractivity contribution in [2.45, 2.75) is 37.8 Å². The Balaban J connectivity index is 1.90. The second kappa shape index (κ2) is 4.49. The Morgan fingerprint density at radius 1 is 1.20 bits per heavy atom. The molecule has 0 aliphatic carbocycles. The Labute approximate surface area is 90.9 Å².